The molecule has 0 fully saturated rings. The van der Waals surface area contributed by atoms with Crippen LogP contribution in [0, 0.1) is 0 Å². The molecule has 0 bridgehead atoms. The Labute approximate surface area is 129 Å². The molecule has 0 heterocycles. The molecule has 0 spiro atoms. The van der Waals surface area contributed by atoms with Gasteiger partial charge in [-0.25, -0.2) is 4.79 Å². The highest BCUT2D eigenvalue weighted by molar-refractivity contribution is 6.32. The molecule has 2 rings (SSSR count). The van der Waals surface area contributed by atoms with Gasteiger partial charge in [-0.15, -0.1) is 0 Å². The molecule has 0 amide bonds. The van der Waals surface area contributed by atoms with Crippen LogP contribution in [-0.2, 0) is 12.7 Å². The second-order valence-corrected chi connectivity index (χ2v) is 4.93. The maximum Gasteiger partial charge on any atom is 0.417 e. The smallest absolute Gasteiger partial charge is 0.417 e. The molecule has 0 saturated heterocycles. The van der Waals surface area contributed by atoms with Crippen molar-refractivity contribution in [3.63, 3.8) is 0 Å². The molecule has 0 aromatic heterocycles. The Kier molecular flexibility index (Phi) is 4.61. The topological polar surface area (TPSA) is 49.3 Å². The normalized spacial score (nSPS) is 11.3. The molecule has 0 unspecified atom stereocenters. The first kappa shape index (κ1) is 16.2. The van der Waals surface area contributed by atoms with Gasteiger partial charge in [0.1, 0.15) is 0 Å². The zero-order valence-corrected chi connectivity index (χ0v) is 11.9. The molecule has 0 aliphatic heterocycles. The van der Waals surface area contributed by atoms with Crippen molar-refractivity contribution in [2.75, 3.05) is 5.32 Å². The van der Waals surface area contributed by atoms with Gasteiger partial charge in [0.15, 0.2) is 0 Å². The summed E-state index contributed by atoms with van der Waals surface area (Å²) in [6, 6.07) is 10.4. The number of nitrogens with one attached hydrogen (secondary N) is 1. The molecule has 0 aliphatic carbocycles. The molecule has 0 atom stereocenters. The molecule has 0 aliphatic rings. The predicted molar refractivity (Wildman–Crippen MR) is 77.2 cm³/mol. The van der Waals surface area contributed by atoms with Crippen LogP contribution in [0.3, 0.4) is 0 Å². The van der Waals surface area contributed by atoms with Crippen LogP contribution in [0.15, 0.2) is 42.5 Å². The summed E-state index contributed by atoms with van der Waals surface area (Å²) in [5.74, 6) is -1.36. The van der Waals surface area contributed by atoms with E-state index in [4.69, 9.17) is 16.7 Å². The third kappa shape index (κ3) is 3.71. The number of alkyl halides is 3. The predicted octanol–water partition coefficient (Wildman–Crippen LogP) is 4.67. The van der Waals surface area contributed by atoms with Crippen molar-refractivity contribution >= 4 is 23.3 Å². The Hall–Kier alpha value is -2.21. The Morgan fingerprint density at radius 1 is 1.18 bits per heavy atom. The van der Waals surface area contributed by atoms with E-state index in [1.165, 1.54) is 0 Å². The molecule has 7 heteroatoms. The second-order valence-electron chi connectivity index (χ2n) is 4.52. The number of aromatic carboxylic acids is 1. The minimum atomic E-state index is -4.66. The van der Waals surface area contributed by atoms with Crippen LogP contribution in [0.25, 0.3) is 0 Å². The summed E-state index contributed by atoms with van der Waals surface area (Å²) < 4.78 is 38.6. The van der Waals surface area contributed by atoms with E-state index in [1.807, 2.05) is 0 Å². The van der Waals surface area contributed by atoms with Crippen molar-refractivity contribution in [2.24, 2.45) is 0 Å². The standard InChI is InChI=1S/C15H11ClF3NO2/c16-12-6-10(14(21)22)13(7-11(12)15(17,18)19)20-8-9-4-2-1-3-5-9/h1-7,20H,8H2,(H,21,22). The lowest BCUT2D eigenvalue weighted by molar-refractivity contribution is -0.137. The molecular weight excluding hydrogens is 319 g/mol. The van der Waals surface area contributed by atoms with Crippen LogP contribution < -0.4 is 5.32 Å². The highest BCUT2D eigenvalue weighted by Crippen LogP contribution is 2.37. The van der Waals surface area contributed by atoms with Crippen LogP contribution in [0.4, 0.5) is 18.9 Å². The summed E-state index contributed by atoms with van der Waals surface area (Å²) in [6.45, 7) is 0.194. The van der Waals surface area contributed by atoms with Crippen molar-refractivity contribution in [3.8, 4) is 0 Å². The van der Waals surface area contributed by atoms with E-state index in [-0.39, 0.29) is 17.8 Å². The number of rotatable bonds is 4. The van der Waals surface area contributed by atoms with Crippen molar-refractivity contribution < 1.29 is 23.1 Å². The number of halogens is 4. The van der Waals surface area contributed by atoms with Gasteiger partial charge in [0.05, 0.1) is 16.1 Å². The van der Waals surface area contributed by atoms with Gasteiger partial charge in [0, 0.05) is 12.2 Å². The summed E-state index contributed by atoms with van der Waals surface area (Å²) in [7, 11) is 0. The largest absolute Gasteiger partial charge is 0.478 e. The van der Waals surface area contributed by atoms with E-state index in [0.717, 1.165) is 11.6 Å². The zero-order chi connectivity index (χ0) is 16.3. The van der Waals surface area contributed by atoms with Gasteiger partial charge in [-0.1, -0.05) is 41.9 Å². The SMILES string of the molecule is O=C(O)c1cc(Cl)c(C(F)(F)F)cc1NCc1ccccc1. The average molecular weight is 330 g/mol. The molecule has 116 valence electrons. The summed E-state index contributed by atoms with van der Waals surface area (Å²) in [4.78, 5) is 11.2. The molecule has 22 heavy (non-hydrogen) atoms. The minimum absolute atomic E-state index is 0.131. The number of carboxylic acid groups (broad SMARTS) is 1. The second kappa shape index (κ2) is 6.27. The molecular formula is C15H11ClF3NO2. The summed E-state index contributed by atoms with van der Waals surface area (Å²) in [5, 5.41) is 11.2. The zero-order valence-electron chi connectivity index (χ0n) is 11.1. The van der Waals surface area contributed by atoms with Gasteiger partial charge in [-0.3, -0.25) is 0 Å². The number of hydrogen-bond donors (Lipinski definition) is 2. The fraction of sp³-hybridized carbons (Fsp3) is 0.133. The van der Waals surface area contributed by atoms with E-state index >= 15 is 0 Å². The number of benzene rings is 2. The van der Waals surface area contributed by atoms with E-state index in [1.54, 1.807) is 30.3 Å². The van der Waals surface area contributed by atoms with E-state index in [0.29, 0.717) is 6.07 Å². The number of carbonyl (C=O) groups is 1. The number of carboxylic acids is 1. The average Bonchev–Trinajstić information content (AvgIpc) is 2.45. The van der Waals surface area contributed by atoms with Gasteiger partial charge >= 0.3 is 12.1 Å². The van der Waals surface area contributed by atoms with Crippen LogP contribution >= 0.6 is 11.6 Å². The lowest BCUT2D eigenvalue weighted by Crippen LogP contribution is -2.11. The Bertz CT molecular complexity index is 687. The number of anilines is 1. The van der Waals surface area contributed by atoms with Crippen molar-refractivity contribution in [1.29, 1.82) is 0 Å². The first-order chi connectivity index (χ1) is 10.3. The quantitative estimate of drug-likeness (QED) is 0.857. The maximum atomic E-state index is 12.9. The molecule has 2 aromatic carbocycles. The highest BCUT2D eigenvalue weighted by atomic mass is 35.5. The van der Waals surface area contributed by atoms with E-state index in [9.17, 15) is 18.0 Å². The van der Waals surface area contributed by atoms with Crippen molar-refractivity contribution in [1.82, 2.24) is 0 Å². The van der Waals surface area contributed by atoms with Gasteiger partial charge in [0.2, 0.25) is 0 Å². The van der Waals surface area contributed by atoms with Gasteiger partial charge in [-0.2, -0.15) is 13.2 Å². The lowest BCUT2D eigenvalue weighted by Gasteiger charge is -2.15. The summed E-state index contributed by atoms with van der Waals surface area (Å²) >= 11 is 5.54. The molecule has 2 aromatic rings. The molecule has 0 saturated carbocycles. The van der Waals surface area contributed by atoms with Crippen LogP contribution in [0.5, 0.6) is 0 Å². The summed E-state index contributed by atoms with van der Waals surface area (Å²) in [5.41, 5.74) is -0.709. The fourth-order valence-electron chi connectivity index (χ4n) is 1.91. The van der Waals surface area contributed by atoms with Crippen molar-refractivity contribution in [3.05, 3.63) is 64.2 Å². The molecule has 3 nitrogen and oxygen atoms in total. The monoisotopic (exact) mass is 329 g/mol. The highest BCUT2D eigenvalue weighted by Gasteiger charge is 2.34. The van der Waals surface area contributed by atoms with Gasteiger partial charge in [0.25, 0.3) is 0 Å². The lowest BCUT2D eigenvalue weighted by atomic mass is 10.1. The van der Waals surface area contributed by atoms with E-state index < -0.39 is 22.7 Å². The van der Waals surface area contributed by atoms with Crippen molar-refractivity contribution in [2.45, 2.75) is 12.7 Å². The van der Waals surface area contributed by atoms with Crippen LogP contribution in [-0.4, -0.2) is 11.1 Å². The van der Waals surface area contributed by atoms with Gasteiger partial charge in [-0.05, 0) is 17.7 Å². The summed E-state index contributed by atoms with van der Waals surface area (Å²) in [6.07, 6.45) is -4.66. The Balaban J connectivity index is 2.37. The minimum Gasteiger partial charge on any atom is -0.478 e. The number of hydrogen-bond acceptors (Lipinski definition) is 2. The molecule has 2 N–H and O–H groups in total. The van der Waals surface area contributed by atoms with Gasteiger partial charge < -0.3 is 10.4 Å². The Morgan fingerprint density at radius 3 is 2.36 bits per heavy atom. The fourth-order valence-corrected chi connectivity index (χ4v) is 2.18. The Morgan fingerprint density at radius 2 is 1.82 bits per heavy atom. The third-order valence-corrected chi connectivity index (χ3v) is 3.28. The molecule has 0 radical (unpaired) electrons. The van der Waals surface area contributed by atoms with Crippen LogP contribution in [0.1, 0.15) is 21.5 Å². The maximum absolute atomic E-state index is 12.9. The third-order valence-electron chi connectivity index (χ3n) is 2.97. The first-order valence-electron chi connectivity index (χ1n) is 6.21. The first-order valence-corrected chi connectivity index (χ1v) is 6.58. The van der Waals surface area contributed by atoms with Crippen LogP contribution in [0.2, 0.25) is 5.02 Å². The van der Waals surface area contributed by atoms with E-state index in [2.05, 4.69) is 5.32 Å².